The number of hydrogen-bond donors (Lipinski definition) is 2. The number of aliphatic hydroxyl groups is 2. The predicted octanol–water partition coefficient (Wildman–Crippen LogP) is 1.98. The summed E-state index contributed by atoms with van der Waals surface area (Å²) in [6.45, 7) is 7.03. The first-order valence-electron chi connectivity index (χ1n) is 8.70. The second-order valence-electron chi connectivity index (χ2n) is 6.82. The molecule has 142 valence electrons. The summed E-state index contributed by atoms with van der Waals surface area (Å²) in [5, 5.41) is 18.6. The Kier molecular flexibility index (Phi) is 6.94. The Morgan fingerprint density at radius 3 is 2.85 bits per heavy atom. The van der Waals surface area contributed by atoms with E-state index in [-0.39, 0.29) is 18.8 Å². The molecule has 2 rings (SSSR count). The van der Waals surface area contributed by atoms with Gasteiger partial charge in [-0.3, -0.25) is 0 Å². The van der Waals surface area contributed by atoms with Crippen LogP contribution in [0.3, 0.4) is 0 Å². The quantitative estimate of drug-likeness (QED) is 0.451. The van der Waals surface area contributed by atoms with E-state index in [4.69, 9.17) is 14.6 Å². The van der Waals surface area contributed by atoms with Crippen molar-refractivity contribution in [2.75, 3.05) is 13.2 Å². The van der Waals surface area contributed by atoms with E-state index in [1.54, 1.807) is 13.0 Å². The van der Waals surface area contributed by atoms with Crippen LogP contribution in [0.2, 0.25) is 0 Å². The van der Waals surface area contributed by atoms with Crippen LogP contribution in [-0.2, 0) is 19.1 Å². The van der Waals surface area contributed by atoms with Gasteiger partial charge in [-0.05, 0) is 43.9 Å². The Balaban J connectivity index is 2.36. The lowest BCUT2D eigenvalue weighted by Crippen LogP contribution is -2.33. The molecule has 1 aliphatic carbocycles. The number of fused-ring (bicyclic) bond motifs is 1. The molecule has 0 aromatic rings. The molecule has 0 radical (unpaired) electrons. The minimum atomic E-state index is -0.625. The fourth-order valence-electron chi connectivity index (χ4n) is 3.20. The maximum absolute atomic E-state index is 12.2. The van der Waals surface area contributed by atoms with E-state index in [0.29, 0.717) is 18.4 Å². The summed E-state index contributed by atoms with van der Waals surface area (Å²) in [5.74, 6) is -1.61. The van der Waals surface area contributed by atoms with Crippen LogP contribution in [0.4, 0.5) is 0 Å². The number of ether oxygens (including phenoxy) is 2. The van der Waals surface area contributed by atoms with Gasteiger partial charge in [0.15, 0.2) is 0 Å². The number of esters is 2. The Hall–Kier alpha value is -2.18. The Morgan fingerprint density at radius 1 is 1.46 bits per heavy atom. The van der Waals surface area contributed by atoms with Gasteiger partial charge in [0.2, 0.25) is 0 Å². The summed E-state index contributed by atoms with van der Waals surface area (Å²) in [6.07, 6.45) is 5.64. The molecular weight excluding hydrogens is 336 g/mol. The highest BCUT2D eigenvalue weighted by Gasteiger charge is 2.44. The largest absolute Gasteiger partial charge is 0.458 e. The molecular formula is C20H26O6. The average molecular weight is 362 g/mol. The highest BCUT2D eigenvalue weighted by Crippen LogP contribution is 2.36. The molecule has 2 N–H and O–H groups in total. The summed E-state index contributed by atoms with van der Waals surface area (Å²) in [7, 11) is 0. The third kappa shape index (κ3) is 4.93. The van der Waals surface area contributed by atoms with Crippen molar-refractivity contribution in [3.63, 3.8) is 0 Å². The van der Waals surface area contributed by atoms with Crippen molar-refractivity contribution in [2.24, 2.45) is 5.92 Å². The van der Waals surface area contributed by atoms with E-state index in [2.05, 4.69) is 6.58 Å². The first-order valence-corrected chi connectivity index (χ1v) is 8.70. The molecule has 0 spiro atoms. The van der Waals surface area contributed by atoms with E-state index in [1.807, 2.05) is 13.0 Å². The molecule has 0 saturated carbocycles. The normalized spacial score (nSPS) is 31.2. The maximum Gasteiger partial charge on any atom is 0.334 e. The van der Waals surface area contributed by atoms with Crippen molar-refractivity contribution in [2.45, 2.75) is 45.3 Å². The summed E-state index contributed by atoms with van der Waals surface area (Å²) in [6, 6.07) is 0. The monoisotopic (exact) mass is 362 g/mol. The minimum absolute atomic E-state index is 0.122. The first kappa shape index (κ1) is 20.1. The summed E-state index contributed by atoms with van der Waals surface area (Å²) >= 11 is 0. The van der Waals surface area contributed by atoms with Crippen molar-refractivity contribution in [1.82, 2.24) is 0 Å². The summed E-state index contributed by atoms with van der Waals surface area (Å²) < 4.78 is 11.0. The van der Waals surface area contributed by atoms with E-state index >= 15 is 0 Å². The van der Waals surface area contributed by atoms with Crippen molar-refractivity contribution in [3.8, 4) is 0 Å². The number of allylic oxidation sites excluding steroid dienone is 1. The van der Waals surface area contributed by atoms with Gasteiger partial charge in [-0.25, -0.2) is 9.59 Å². The van der Waals surface area contributed by atoms with Gasteiger partial charge in [0.25, 0.3) is 0 Å². The van der Waals surface area contributed by atoms with Crippen LogP contribution in [0.5, 0.6) is 0 Å². The van der Waals surface area contributed by atoms with Crippen molar-refractivity contribution >= 4 is 11.9 Å². The molecule has 0 aromatic carbocycles. The first-order chi connectivity index (χ1) is 12.3. The zero-order valence-electron chi connectivity index (χ0n) is 15.2. The van der Waals surface area contributed by atoms with E-state index < -0.39 is 30.1 Å². The van der Waals surface area contributed by atoms with Crippen LogP contribution in [0.25, 0.3) is 0 Å². The molecule has 0 bridgehead atoms. The molecule has 6 nitrogen and oxygen atoms in total. The molecule has 1 saturated heterocycles. The summed E-state index contributed by atoms with van der Waals surface area (Å²) in [5.41, 5.74) is 2.54. The van der Waals surface area contributed by atoms with Gasteiger partial charge in [0.1, 0.15) is 12.2 Å². The van der Waals surface area contributed by atoms with Crippen molar-refractivity contribution in [3.05, 3.63) is 47.1 Å². The lowest BCUT2D eigenvalue weighted by Gasteiger charge is -2.27. The summed E-state index contributed by atoms with van der Waals surface area (Å²) in [4.78, 5) is 24.3. The molecule has 0 amide bonds. The van der Waals surface area contributed by atoms with Crippen LogP contribution in [-0.4, -0.2) is 47.6 Å². The second-order valence-corrected chi connectivity index (χ2v) is 6.82. The number of carbonyl (C=O) groups is 2. The van der Waals surface area contributed by atoms with Gasteiger partial charge in [-0.1, -0.05) is 18.2 Å². The third-order valence-corrected chi connectivity index (χ3v) is 4.63. The third-order valence-electron chi connectivity index (χ3n) is 4.63. The standard InChI is InChI=1S/C20H26O6/c1-12-5-4-6-15(11-22)9-17-19(14(3)20(24)26-17)16(7-12)25-18(23)8-13(2)10-21/h5,8-9,16-17,19,21-22H,3-4,6-7,10-11H2,1-2H3/b12-5-,13-8+,15-9+/t16-,17+,19+/m0/s1. The van der Waals surface area contributed by atoms with Gasteiger partial charge in [0, 0.05) is 18.1 Å². The lowest BCUT2D eigenvalue weighted by atomic mass is 9.85. The molecule has 1 fully saturated rings. The lowest BCUT2D eigenvalue weighted by molar-refractivity contribution is -0.146. The fraction of sp³-hybridized carbons (Fsp3) is 0.500. The molecule has 6 heteroatoms. The fourth-order valence-corrected chi connectivity index (χ4v) is 3.20. The Morgan fingerprint density at radius 2 is 2.19 bits per heavy atom. The topological polar surface area (TPSA) is 93.1 Å². The van der Waals surface area contributed by atoms with E-state index in [1.165, 1.54) is 6.08 Å². The second kappa shape index (κ2) is 8.96. The van der Waals surface area contributed by atoms with Crippen molar-refractivity contribution in [1.29, 1.82) is 0 Å². The molecule has 26 heavy (non-hydrogen) atoms. The number of rotatable bonds is 4. The molecule has 1 aliphatic heterocycles. The van der Waals surface area contributed by atoms with Gasteiger partial charge >= 0.3 is 11.9 Å². The number of hydrogen-bond acceptors (Lipinski definition) is 6. The van der Waals surface area contributed by atoms with E-state index in [0.717, 1.165) is 17.6 Å². The zero-order chi connectivity index (χ0) is 19.3. The van der Waals surface area contributed by atoms with Gasteiger partial charge in [0.05, 0.1) is 19.1 Å². The van der Waals surface area contributed by atoms with Crippen LogP contribution in [0.1, 0.15) is 33.1 Å². The molecule has 1 heterocycles. The molecule has 0 aromatic heterocycles. The van der Waals surface area contributed by atoms with E-state index in [9.17, 15) is 14.7 Å². The number of carbonyl (C=O) groups excluding carboxylic acids is 2. The van der Waals surface area contributed by atoms with Crippen LogP contribution >= 0.6 is 0 Å². The smallest absolute Gasteiger partial charge is 0.334 e. The highest BCUT2D eigenvalue weighted by molar-refractivity contribution is 5.91. The van der Waals surface area contributed by atoms with Gasteiger partial charge in [-0.15, -0.1) is 0 Å². The van der Waals surface area contributed by atoms with Crippen LogP contribution in [0, 0.1) is 5.92 Å². The Labute approximate surface area is 153 Å². The van der Waals surface area contributed by atoms with Crippen LogP contribution < -0.4 is 0 Å². The average Bonchev–Trinajstić information content (AvgIpc) is 2.86. The predicted molar refractivity (Wildman–Crippen MR) is 96.0 cm³/mol. The van der Waals surface area contributed by atoms with Gasteiger partial charge in [-0.2, -0.15) is 0 Å². The molecule has 2 aliphatic rings. The molecule has 3 atom stereocenters. The SMILES string of the molecule is C=C1C(=O)O[C@@H]2/C=C(/CO)CC/C=C(/C)C[C@H](OC(=O)/C=C(\C)CO)[C@@H]12. The number of aliphatic hydroxyl groups excluding tert-OH is 2. The highest BCUT2D eigenvalue weighted by atomic mass is 16.6. The minimum Gasteiger partial charge on any atom is -0.458 e. The van der Waals surface area contributed by atoms with Crippen LogP contribution in [0.15, 0.2) is 47.1 Å². The Bertz CT molecular complexity index is 670. The maximum atomic E-state index is 12.2. The molecule has 0 unspecified atom stereocenters. The van der Waals surface area contributed by atoms with Gasteiger partial charge < -0.3 is 19.7 Å². The zero-order valence-corrected chi connectivity index (χ0v) is 15.2. The van der Waals surface area contributed by atoms with Crippen molar-refractivity contribution < 1.29 is 29.3 Å².